The van der Waals surface area contributed by atoms with Crippen LogP contribution in [0.15, 0.2) is 0 Å². The molecule has 0 aromatic heterocycles. The first-order valence-electron chi connectivity index (χ1n) is 5.49. The Morgan fingerprint density at radius 1 is 1.07 bits per heavy atom. The van der Waals surface area contributed by atoms with Crippen LogP contribution in [0.25, 0.3) is 0 Å². The molecule has 0 atom stereocenters. The van der Waals surface area contributed by atoms with Crippen molar-refractivity contribution in [2.24, 2.45) is 0 Å². The second-order valence-electron chi connectivity index (χ2n) is 4.37. The summed E-state index contributed by atoms with van der Waals surface area (Å²) in [5, 5.41) is 7.98. The molecule has 4 heteroatoms. The minimum absolute atomic E-state index is 0.817. The van der Waals surface area contributed by atoms with Crippen molar-refractivity contribution in [3.8, 4) is 0 Å². The average molecular weight is 196 g/mol. The van der Waals surface area contributed by atoms with Crippen LogP contribution < -0.4 is 0 Å². The minimum Gasteiger partial charge on any atom is -0.357 e. The van der Waals surface area contributed by atoms with Crippen molar-refractivity contribution in [2.45, 2.75) is 6.42 Å². The molecule has 14 heavy (non-hydrogen) atoms. The predicted molar refractivity (Wildman–Crippen MR) is 57.9 cm³/mol. The normalized spacial score (nSPS) is 24.8. The van der Waals surface area contributed by atoms with Gasteiger partial charge in [0.25, 0.3) is 0 Å². The molecule has 2 fully saturated rings. The Hall–Kier alpha value is -0.610. The number of hydrogen-bond acceptors (Lipinski definition) is 3. The molecule has 0 unspecified atom stereocenters. The van der Waals surface area contributed by atoms with Crippen LogP contribution in [0.3, 0.4) is 0 Å². The van der Waals surface area contributed by atoms with Gasteiger partial charge in [-0.1, -0.05) is 0 Å². The van der Waals surface area contributed by atoms with Crippen LogP contribution in [-0.4, -0.2) is 73.4 Å². The molecule has 2 heterocycles. The monoisotopic (exact) mass is 196 g/mol. The number of piperazine rings is 1. The van der Waals surface area contributed by atoms with E-state index in [-0.39, 0.29) is 0 Å². The molecule has 0 aromatic rings. The Morgan fingerprint density at radius 2 is 1.71 bits per heavy atom. The Morgan fingerprint density at radius 3 is 2.21 bits per heavy atom. The van der Waals surface area contributed by atoms with Crippen molar-refractivity contribution >= 4 is 5.84 Å². The fraction of sp³-hybridized carbons (Fsp3) is 0.900. The van der Waals surface area contributed by atoms with Gasteiger partial charge in [0.2, 0.25) is 0 Å². The highest BCUT2D eigenvalue weighted by Gasteiger charge is 2.20. The molecule has 0 saturated carbocycles. The number of hydrogen-bond donors (Lipinski definition) is 1. The highest BCUT2D eigenvalue weighted by Crippen LogP contribution is 2.07. The molecule has 80 valence electrons. The van der Waals surface area contributed by atoms with E-state index in [1.807, 2.05) is 0 Å². The third kappa shape index (κ3) is 2.25. The van der Waals surface area contributed by atoms with Crippen LogP contribution in [0.1, 0.15) is 6.42 Å². The van der Waals surface area contributed by atoms with Crippen molar-refractivity contribution in [3.63, 3.8) is 0 Å². The molecule has 4 nitrogen and oxygen atoms in total. The van der Waals surface area contributed by atoms with Crippen molar-refractivity contribution in [1.29, 1.82) is 5.41 Å². The third-order valence-corrected chi connectivity index (χ3v) is 3.21. The van der Waals surface area contributed by atoms with Crippen molar-refractivity contribution in [1.82, 2.24) is 14.7 Å². The van der Waals surface area contributed by atoms with Gasteiger partial charge in [-0.2, -0.15) is 0 Å². The molecule has 0 aliphatic carbocycles. The minimum atomic E-state index is 0.817. The van der Waals surface area contributed by atoms with Crippen LogP contribution in [0.5, 0.6) is 0 Å². The van der Waals surface area contributed by atoms with Crippen LogP contribution in [0, 0.1) is 5.41 Å². The summed E-state index contributed by atoms with van der Waals surface area (Å²) in [6, 6.07) is 0. The van der Waals surface area contributed by atoms with Crippen molar-refractivity contribution < 1.29 is 0 Å². The van der Waals surface area contributed by atoms with E-state index in [2.05, 4.69) is 21.7 Å². The molecule has 0 amide bonds. The number of nitrogens with zero attached hydrogens (tertiary/aromatic N) is 3. The molecule has 0 spiro atoms. The van der Waals surface area contributed by atoms with E-state index in [1.165, 1.54) is 19.5 Å². The summed E-state index contributed by atoms with van der Waals surface area (Å²) in [6.07, 6.45) is 1.32. The van der Waals surface area contributed by atoms with Gasteiger partial charge in [-0.05, 0) is 26.6 Å². The molecular formula is C10H20N4. The Bertz CT molecular complexity index is 204. The summed E-state index contributed by atoms with van der Waals surface area (Å²) in [6.45, 7) is 7.51. The van der Waals surface area contributed by atoms with Crippen molar-refractivity contribution in [3.05, 3.63) is 0 Å². The van der Waals surface area contributed by atoms with E-state index >= 15 is 0 Å². The second-order valence-corrected chi connectivity index (χ2v) is 4.37. The van der Waals surface area contributed by atoms with Gasteiger partial charge in [-0.25, -0.2) is 0 Å². The topological polar surface area (TPSA) is 33.6 Å². The van der Waals surface area contributed by atoms with Gasteiger partial charge in [0.15, 0.2) is 0 Å². The standard InChI is InChI=1S/C10H20N4/c1-12-5-7-14(8-6-12)10(11)9-13-3-2-4-13/h11H,2-9H2,1H3. The van der Waals surface area contributed by atoms with Crippen LogP contribution in [0.2, 0.25) is 0 Å². The lowest BCUT2D eigenvalue weighted by atomic mass is 10.2. The highest BCUT2D eigenvalue weighted by molar-refractivity contribution is 5.81. The number of likely N-dealkylation sites (tertiary alicyclic amines) is 1. The molecule has 0 bridgehead atoms. The second kappa shape index (κ2) is 4.28. The Balaban J connectivity index is 1.74. The fourth-order valence-corrected chi connectivity index (χ4v) is 1.93. The van der Waals surface area contributed by atoms with E-state index in [0.717, 1.165) is 38.6 Å². The maximum Gasteiger partial charge on any atom is 0.110 e. The molecule has 0 radical (unpaired) electrons. The van der Waals surface area contributed by atoms with E-state index < -0.39 is 0 Å². The van der Waals surface area contributed by atoms with E-state index in [4.69, 9.17) is 5.41 Å². The van der Waals surface area contributed by atoms with Crippen LogP contribution in [0.4, 0.5) is 0 Å². The predicted octanol–water partition coefficient (Wildman–Crippen LogP) is -0.0832. The number of likely N-dealkylation sites (N-methyl/N-ethyl adjacent to an activating group) is 1. The van der Waals surface area contributed by atoms with Gasteiger partial charge in [0.1, 0.15) is 5.84 Å². The number of amidine groups is 1. The summed E-state index contributed by atoms with van der Waals surface area (Å²) < 4.78 is 0. The summed E-state index contributed by atoms with van der Waals surface area (Å²) in [5.74, 6) is 0.817. The lowest BCUT2D eigenvalue weighted by Crippen LogP contribution is -2.51. The molecular weight excluding hydrogens is 176 g/mol. The first-order valence-corrected chi connectivity index (χ1v) is 5.49. The fourth-order valence-electron chi connectivity index (χ4n) is 1.93. The number of rotatable bonds is 2. The summed E-state index contributed by atoms with van der Waals surface area (Å²) >= 11 is 0. The van der Waals surface area contributed by atoms with E-state index in [0.29, 0.717) is 0 Å². The lowest BCUT2D eigenvalue weighted by Gasteiger charge is -2.37. The molecule has 2 aliphatic rings. The highest BCUT2D eigenvalue weighted by atomic mass is 15.3. The number of nitrogens with one attached hydrogen (secondary N) is 1. The molecule has 2 saturated heterocycles. The maximum atomic E-state index is 7.98. The SMILES string of the molecule is CN1CCN(C(=N)CN2CCC2)CC1. The van der Waals surface area contributed by atoms with Gasteiger partial charge >= 0.3 is 0 Å². The summed E-state index contributed by atoms with van der Waals surface area (Å²) in [5.41, 5.74) is 0. The van der Waals surface area contributed by atoms with Gasteiger partial charge in [-0.3, -0.25) is 10.3 Å². The van der Waals surface area contributed by atoms with Crippen molar-refractivity contribution in [2.75, 3.05) is 52.9 Å². The van der Waals surface area contributed by atoms with E-state index in [9.17, 15) is 0 Å². The maximum absolute atomic E-state index is 7.98. The van der Waals surface area contributed by atoms with E-state index in [1.54, 1.807) is 0 Å². The zero-order valence-corrected chi connectivity index (χ0v) is 9.00. The molecule has 2 rings (SSSR count). The summed E-state index contributed by atoms with van der Waals surface area (Å²) in [7, 11) is 2.15. The zero-order chi connectivity index (χ0) is 9.97. The Kier molecular flexibility index (Phi) is 3.03. The van der Waals surface area contributed by atoms with Gasteiger partial charge in [-0.15, -0.1) is 0 Å². The van der Waals surface area contributed by atoms with Gasteiger partial charge in [0, 0.05) is 26.2 Å². The Labute approximate surface area is 86.0 Å². The average Bonchev–Trinajstić information content (AvgIpc) is 2.12. The smallest absolute Gasteiger partial charge is 0.110 e. The van der Waals surface area contributed by atoms with Crippen LogP contribution >= 0.6 is 0 Å². The van der Waals surface area contributed by atoms with Gasteiger partial charge < -0.3 is 9.80 Å². The molecule has 2 aliphatic heterocycles. The van der Waals surface area contributed by atoms with Crippen LogP contribution in [-0.2, 0) is 0 Å². The molecule has 0 aromatic carbocycles. The zero-order valence-electron chi connectivity index (χ0n) is 9.00. The first-order chi connectivity index (χ1) is 6.75. The largest absolute Gasteiger partial charge is 0.357 e. The lowest BCUT2D eigenvalue weighted by molar-refractivity contribution is 0.182. The third-order valence-electron chi connectivity index (χ3n) is 3.21. The first kappa shape index (κ1) is 9.93. The summed E-state index contributed by atoms with van der Waals surface area (Å²) in [4.78, 5) is 6.90. The van der Waals surface area contributed by atoms with Gasteiger partial charge in [0.05, 0.1) is 6.54 Å². The molecule has 1 N–H and O–H groups in total. The quantitative estimate of drug-likeness (QED) is 0.495.